The predicted octanol–water partition coefficient (Wildman–Crippen LogP) is 4.54. The third-order valence-electron chi connectivity index (χ3n) is 4.02. The van der Waals surface area contributed by atoms with Crippen molar-refractivity contribution in [3.05, 3.63) is 77.9 Å². The number of aromatic nitrogens is 2. The molecule has 1 atom stereocenters. The van der Waals surface area contributed by atoms with Crippen molar-refractivity contribution in [3.63, 3.8) is 0 Å². The zero-order valence-electron chi connectivity index (χ0n) is 14.7. The first kappa shape index (κ1) is 17.2. The molecular formula is C20H22N4S. The lowest BCUT2D eigenvalue weighted by atomic mass is 10.1. The summed E-state index contributed by atoms with van der Waals surface area (Å²) in [7, 11) is 0. The maximum absolute atomic E-state index is 5.45. The Kier molecular flexibility index (Phi) is 5.14. The van der Waals surface area contributed by atoms with Gasteiger partial charge >= 0.3 is 0 Å². The Bertz CT molecular complexity index is 834. The molecule has 0 aliphatic rings. The molecule has 25 heavy (non-hydrogen) atoms. The molecule has 0 bridgehead atoms. The second-order valence-electron chi connectivity index (χ2n) is 6.26. The second kappa shape index (κ2) is 7.49. The van der Waals surface area contributed by atoms with E-state index < -0.39 is 0 Å². The summed E-state index contributed by atoms with van der Waals surface area (Å²) in [4.78, 5) is 4.07. The largest absolute Gasteiger partial charge is 0.356 e. The molecule has 0 saturated carbocycles. The normalized spacial score (nSPS) is 11.8. The molecule has 3 aromatic rings. The van der Waals surface area contributed by atoms with Gasteiger partial charge in [-0.05, 0) is 73.9 Å². The Morgan fingerprint density at radius 3 is 2.36 bits per heavy atom. The maximum Gasteiger partial charge on any atom is 0.171 e. The third kappa shape index (κ3) is 4.45. The number of hydrogen-bond donors (Lipinski definition) is 2. The van der Waals surface area contributed by atoms with E-state index in [1.54, 1.807) is 12.5 Å². The first-order chi connectivity index (χ1) is 12.0. The minimum absolute atomic E-state index is 0.114. The number of aryl methyl sites for hydroxylation is 2. The maximum atomic E-state index is 5.45. The fraction of sp³-hybridized carbons (Fsp3) is 0.200. The van der Waals surface area contributed by atoms with Gasteiger partial charge in [0, 0.05) is 23.8 Å². The zero-order valence-corrected chi connectivity index (χ0v) is 15.5. The lowest BCUT2D eigenvalue weighted by molar-refractivity contribution is 0.722. The Labute approximate surface area is 153 Å². The Morgan fingerprint density at radius 1 is 1.08 bits per heavy atom. The van der Waals surface area contributed by atoms with Crippen molar-refractivity contribution in [2.24, 2.45) is 0 Å². The molecule has 0 saturated heterocycles. The van der Waals surface area contributed by atoms with Crippen LogP contribution in [0.4, 0.5) is 5.69 Å². The summed E-state index contributed by atoms with van der Waals surface area (Å²) in [5.41, 5.74) is 5.71. The summed E-state index contributed by atoms with van der Waals surface area (Å²) in [6.45, 7) is 6.26. The van der Waals surface area contributed by atoms with E-state index in [0.717, 1.165) is 11.4 Å². The van der Waals surface area contributed by atoms with Crippen LogP contribution < -0.4 is 10.6 Å². The van der Waals surface area contributed by atoms with Gasteiger partial charge in [0.25, 0.3) is 0 Å². The van der Waals surface area contributed by atoms with E-state index in [-0.39, 0.29) is 6.04 Å². The molecule has 128 valence electrons. The zero-order chi connectivity index (χ0) is 17.8. The minimum atomic E-state index is 0.114. The smallest absolute Gasteiger partial charge is 0.171 e. The van der Waals surface area contributed by atoms with Crippen molar-refractivity contribution >= 4 is 23.0 Å². The molecule has 1 aromatic heterocycles. The van der Waals surface area contributed by atoms with Gasteiger partial charge in [-0.1, -0.05) is 18.2 Å². The SMILES string of the molecule is Cc1cc(C)cc(NC(=S)N[C@@H](C)c2ccc(-n3ccnc3)cc2)c1. The Hall–Kier alpha value is -2.66. The molecule has 4 nitrogen and oxygen atoms in total. The average Bonchev–Trinajstić information content (AvgIpc) is 3.08. The van der Waals surface area contributed by atoms with Crippen LogP contribution in [0.3, 0.4) is 0 Å². The molecule has 0 fully saturated rings. The summed E-state index contributed by atoms with van der Waals surface area (Å²) in [5.74, 6) is 0. The van der Waals surface area contributed by atoms with Gasteiger partial charge in [-0.2, -0.15) is 0 Å². The lowest BCUT2D eigenvalue weighted by Crippen LogP contribution is -2.30. The van der Waals surface area contributed by atoms with Crippen molar-refractivity contribution < 1.29 is 0 Å². The fourth-order valence-electron chi connectivity index (χ4n) is 2.84. The summed E-state index contributed by atoms with van der Waals surface area (Å²) in [6.07, 6.45) is 5.49. The van der Waals surface area contributed by atoms with Crippen molar-refractivity contribution in [1.29, 1.82) is 0 Å². The van der Waals surface area contributed by atoms with Gasteiger partial charge in [0.15, 0.2) is 5.11 Å². The first-order valence-electron chi connectivity index (χ1n) is 8.25. The highest BCUT2D eigenvalue weighted by atomic mass is 32.1. The monoisotopic (exact) mass is 350 g/mol. The number of benzene rings is 2. The summed E-state index contributed by atoms with van der Waals surface area (Å²) >= 11 is 5.45. The van der Waals surface area contributed by atoms with Crippen LogP contribution in [0.2, 0.25) is 0 Å². The van der Waals surface area contributed by atoms with Gasteiger partial charge in [0.1, 0.15) is 0 Å². The molecule has 2 aromatic carbocycles. The number of nitrogens with zero attached hydrogens (tertiary/aromatic N) is 2. The van der Waals surface area contributed by atoms with Gasteiger partial charge < -0.3 is 15.2 Å². The van der Waals surface area contributed by atoms with E-state index >= 15 is 0 Å². The number of nitrogens with one attached hydrogen (secondary N) is 2. The van der Waals surface area contributed by atoms with E-state index in [1.807, 2.05) is 10.8 Å². The molecule has 0 aliphatic heterocycles. The molecular weight excluding hydrogens is 328 g/mol. The minimum Gasteiger partial charge on any atom is -0.356 e. The third-order valence-corrected chi connectivity index (χ3v) is 4.24. The summed E-state index contributed by atoms with van der Waals surface area (Å²) in [5, 5.41) is 7.23. The van der Waals surface area contributed by atoms with Crippen LogP contribution in [-0.4, -0.2) is 14.7 Å². The standard InChI is InChI=1S/C20H22N4S/c1-14-10-15(2)12-18(11-14)23-20(25)22-16(3)17-4-6-19(7-5-17)24-9-8-21-13-24/h4-13,16H,1-3H3,(H2,22,23,25)/t16-/m0/s1. The number of thiocarbonyl (C=S) groups is 1. The van der Waals surface area contributed by atoms with Crippen molar-refractivity contribution in [2.75, 3.05) is 5.32 Å². The van der Waals surface area contributed by atoms with Crippen LogP contribution in [0.5, 0.6) is 0 Å². The number of imidazole rings is 1. The highest BCUT2D eigenvalue weighted by Crippen LogP contribution is 2.17. The quantitative estimate of drug-likeness (QED) is 0.678. The van der Waals surface area contributed by atoms with Gasteiger partial charge in [0.2, 0.25) is 0 Å². The van der Waals surface area contributed by atoms with Crippen LogP contribution in [0.25, 0.3) is 5.69 Å². The topological polar surface area (TPSA) is 41.9 Å². The van der Waals surface area contributed by atoms with Crippen LogP contribution in [0, 0.1) is 13.8 Å². The molecule has 5 heteroatoms. The Morgan fingerprint density at radius 2 is 1.76 bits per heavy atom. The summed E-state index contributed by atoms with van der Waals surface area (Å²) < 4.78 is 1.98. The fourth-order valence-corrected chi connectivity index (χ4v) is 3.14. The molecule has 3 rings (SSSR count). The number of rotatable bonds is 4. The molecule has 0 amide bonds. The van der Waals surface area contributed by atoms with Crippen molar-refractivity contribution in [1.82, 2.24) is 14.9 Å². The lowest BCUT2D eigenvalue weighted by Gasteiger charge is -2.18. The van der Waals surface area contributed by atoms with Crippen molar-refractivity contribution in [3.8, 4) is 5.69 Å². The molecule has 0 unspecified atom stereocenters. The van der Waals surface area contributed by atoms with E-state index in [4.69, 9.17) is 12.2 Å². The second-order valence-corrected chi connectivity index (χ2v) is 6.67. The molecule has 0 spiro atoms. The molecule has 1 heterocycles. The first-order valence-corrected chi connectivity index (χ1v) is 8.66. The van der Waals surface area contributed by atoms with Crippen LogP contribution in [-0.2, 0) is 0 Å². The van der Waals surface area contributed by atoms with Crippen LogP contribution >= 0.6 is 12.2 Å². The Balaban J connectivity index is 1.63. The van der Waals surface area contributed by atoms with Gasteiger partial charge in [-0.3, -0.25) is 0 Å². The predicted molar refractivity (Wildman–Crippen MR) is 107 cm³/mol. The summed E-state index contributed by atoms with van der Waals surface area (Å²) in [6, 6.07) is 14.8. The van der Waals surface area contributed by atoms with Gasteiger partial charge in [0.05, 0.1) is 12.4 Å². The molecule has 0 aliphatic carbocycles. The highest BCUT2D eigenvalue weighted by molar-refractivity contribution is 7.80. The van der Waals surface area contributed by atoms with E-state index in [0.29, 0.717) is 5.11 Å². The van der Waals surface area contributed by atoms with Crippen LogP contribution in [0.1, 0.15) is 29.7 Å². The number of anilines is 1. The van der Waals surface area contributed by atoms with Gasteiger partial charge in [-0.15, -0.1) is 0 Å². The molecule has 2 N–H and O–H groups in total. The van der Waals surface area contributed by atoms with E-state index in [9.17, 15) is 0 Å². The van der Waals surface area contributed by atoms with Crippen LogP contribution in [0.15, 0.2) is 61.2 Å². The van der Waals surface area contributed by atoms with E-state index in [2.05, 4.69) is 78.9 Å². The molecule has 0 radical (unpaired) electrons. The van der Waals surface area contributed by atoms with E-state index in [1.165, 1.54) is 16.7 Å². The van der Waals surface area contributed by atoms with Crippen molar-refractivity contribution in [2.45, 2.75) is 26.8 Å². The highest BCUT2D eigenvalue weighted by Gasteiger charge is 2.08. The number of hydrogen-bond acceptors (Lipinski definition) is 2. The average molecular weight is 350 g/mol. The van der Waals surface area contributed by atoms with Gasteiger partial charge in [-0.25, -0.2) is 4.98 Å².